The molecule has 1 fully saturated rings. The largest absolute Gasteiger partial charge is 0.490 e. The van der Waals surface area contributed by atoms with Gasteiger partial charge in [0.2, 0.25) is 0 Å². The average Bonchev–Trinajstić information content (AvgIpc) is 2.78. The topological polar surface area (TPSA) is 86.1 Å². The van der Waals surface area contributed by atoms with Gasteiger partial charge in [0.05, 0.1) is 24.7 Å². The molecule has 0 radical (unpaired) electrons. The Labute approximate surface area is 190 Å². The standard InChI is InChI=1S/C22H28BrN3O5/c1-2-30-21-13-18(15-24-7-8-25-9-11-29-12-10-25)20(23)14-22(21)31-16-17-3-5-19(6-4-17)26(27)28/h3-6,13-14,24H,2,7-12,15-16H2,1H3. The molecule has 1 aliphatic rings. The smallest absolute Gasteiger partial charge is 0.269 e. The lowest BCUT2D eigenvalue weighted by Gasteiger charge is -2.26. The Bertz CT molecular complexity index is 857. The van der Waals surface area contributed by atoms with Gasteiger partial charge < -0.3 is 19.5 Å². The fraction of sp³-hybridized carbons (Fsp3) is 0.455. The lowest BCUT2D eigenvalue weighted by Crippen LogP contribution is -2.40. The first kappa shape index (κ1) is 23.5. The van der Waals surface area contributed by atoms with Gasteiger partial charge in [-0.1, -0.05) is 15.9 Å². The first-order chi connectivity index (χ1) is 15.1. The molecule has 8 nitrogen and oxygen atoms in total. The molecule has 3 rings (SSSR count). The number of hydrogen-bond donors (Lipinski definition) is 1. The van der Waals surface area contributed by atoms with E-state index in [0.29, 0.717) is 31.3 Å². The molecule has 0 spiro atoms. The van der Waals surface area contributed by atoms with Gasteiger partial charge in [-0.25, -0.2) is 0 Å². The number of hydrogen-bond acceptors (Lipinski definition) is 7. The summed E-state index contributed by atoms with van der Waals surface area (Å²) in [6.45, 7) is 8.96. The Kier molecular flexibility index (Phi) is 9.08. The number of nitro groups is 1. The Morgan fingerprint density at radius 3 is 2.55 bits per heavy atom. The zero-order valence-corrected chi connectivity index (χ0v) is 19.2. The van der Waals surface area contributed by atoms with Crippen LogP contribution in [-0.4, -0.2) is 55.8 Å². The zero-order valence-electron chi connectivity index (χ0n) is 17.6. The quantitative estimate of drug-likeness (QED) is 0.289. The molecule has 1 saturated heterocycles. The van der Waals surface area contributed by atoms with Crippen molar-refractivity contribution < 1.29 is 19.1 Å². The summed E-state index contributed by atoms with van der Waals surface area (Å²) >= 11 is 3.64. The lowest BCUT2D eigenvalue weighted by atomic mass is 10.2. The van der Waals surface area contributed by atoms with Crippen molar-refractivity contribution in [2.75, 3.05) is 46.0 Å². The second-order valence-electron chi connectivity index (χ2n) is 7.17. The van der Waals surface area contributed by atoms with Crippen molar-refractivity contribution in [3.8, 4) is 11.5 Å². The fourth-order valence-corrected chi connectivity index (χ4v) is 3.72. The van der Waals surface area contributed by atoms with Crippen molar-refractivity contribution in [3.05, 3.63) is 62.1 Å². The molecule has 0 unspecified atom stereocenters. The third kappa shape index (κ3) is 7.17. The van der Waals surface area contributed by atoms with Crippen molar-refractivity contribution in [2.24, 2.45) is 0 Å². The van der Waals surface area contributed by atoms with Crippen molar-refractivity contribution in [3.63, 3.8) is 0 Å². The molecule has 0 aliphatic carbocycles. The molecule has 0 saturated carbocycles. The number of morpholine rings is 1. The maximum absolute atomic E-state index is 10.8. The number of rotatable bonds is 11. The van der Waals surface area contributed by atoms with Crippen molar-refractivity contribution in [1.29, 1.82) is 0 Å². The molecule has 1 heterocycles. The summed E-state index contributed by atoms with van der Waals surface area (Å²) in [5.41, 5.74) is 2.00. The van der Waals surface area contributed by atoms with Gasteiger partial charge in [-0.05, 0) is 42.3 Å². The Balaban J connectivity index is 1.57. The van der Waals surface area contributed by atoms with Crippen LogP contribution in [-0.2, 0) is 17.9 Å². The first-order valence-electron chi connectivity index (χ1n) is 10.4. The number of nitro benzene ring substituents is 1. The summed E-state index contributed by atoms with van der Waals surface area (Å²) in [6.07, 6.45) is 0. The molecule has 168 valence electrons. The summed E-state index contributed by atoms with van der Waals surface area (Å²) in [6, 6.07) is 10.2. The van der Waals surface area contributed by atoms with Crippen LogP contribution >= 0.6 is 15.9 Å². The van der Waals surface area contributed by atoms with Crippen molar-refractivity contribution in [2.45, 2.75) is 20.1 Å². The monoisotopic (exact) mass is 493 g/mol. The van der Waals surface area contributed by atoms with Crippen LogP contribution in [0.2, 0.25) is 0 Å². The van der Waals surface area contributed by atoms with Gasteiger partial charge in [0.15, 0.2) is 11.5 Å². The highest BCUT2D eigenvalue weighted by Gasteiger charge is 2.13. The first-order valence-corrected chi connectivity index (χ1v) is 11.2. The summed E-state index contributed by atoms with van der Waals surface area (Å²) in [7, 11) is 0. The minimum absolute atomic E-state index is 0.0620. The van der Waals surface area contributed by atoms with E-state index in [2.05, 4.69) is 26.1 Å². The van der Waals surface area contributed by atoms with E-state index in [9.17, 15) is 10.1 Å². The molecule has 2 aromatic rings. The normalized spacial score (nSPS) is 14.4. The van der Waals surface area contributed by atoms with E-state index < -0.39 is 4.92 Å². The molecule has 9 heteroatoms. The van der Waals surface area contributed by atoms with E-state index in [4.69, 9.17) is 14.2 Å². The Hall–Kier alpha value is -2.20. The predicted octanol–water partition coefficient (Wildman–Crippen LogP) is 3.76. The highest BCUT2D eigenvalue weighted by atomic mass is 79.9. The van der Waals surface area contributed by atoms with Gasteiger partial charge >= 0.3 is 0 Å². The molecule has 0 atom stereocenters. The van der Waals surface area contributed by atoms with E-state index in [1.54, 1.807) is 12.1 Å². The molecule has 1 N–H and O–H groups in total. The van der Waals surface area contributed by atoms with E-state index in [1.165, 1.54) is 12.1 Å². The summed E-state index contributed by atoms with van der Waals surface area (Å²) in [5.74, 6) is 1.31. The molecule has 31 heavy (non-hydrogen) atoms. The maximum atomic E-state index is 10.8. The Morgan fingerprint density at radius 1 is 1.16 bits per heavy atom. The number of nitrogens with zero attached hydrogens (tertiary/aromatic N) is 2. The molecule has 0 bridgehead atoms. The number of halogens is 1. The minimum Gasteiger partial charge on any atom is -0.490 e. The molecule has 0 amide bonds. The van der Waals surface area contributed by atoms with Crippen molar-refractivity contribution in [1.82, 2.24) is 10.2 Å². The zero-order chi connectivity index (χ0) is 22.1. The summed E-state index contributed by atoms with van der Waals surface area (Å²) in [5, 5.41) is 14.3. The van der Waals surface area contributed by atoms with Crippen LogP contribution in [0.15, 0.2) is 40.9 Å². The van der Waals surface area contributed by atoms with E-state index in [0.717, 1.165) is 55.0 Å². The highest BCUT2D eigenvalue weighted by Crippen LogP contribution is 2.34. The maximum Gasteiger partial charge on any atom is 0.269 e. The van der Waals surface area contributed by atoms with Gasteiger partial charge in [-0.2, -0.15) is 0 Å². The second kappa shape index (κ2) is 12.0. The lowest BCUT2D eigenvalue weighted by molar-refractivity contribution is -0.384. The Morgan fingerprint density at radius 2 is 1.87 bits per heavy atom. The molecular formula is C22H28BrN3O5. The van der Waals surface area contributed by atoms with Gasteiger partial charge in [0, 0.05) is 49.3 Å². The van der Waals surface area contributed by atoms with Gasteiger partial charge in [-0.3, -0.25) is 15.0 Å². The van der Waals surface area contributed by atoms with Crippen LogP contribution in [0, 0.1) is 10.1 Å². The minimum atomic E-state index is -0.414. The summed E-state index contributed by atoms with van der Waals surface area (Å²) in [4.78, 5) is 12.8. The highest BCUT2D eigenvalue weighted by molar-refractivity contribution is 9.10. The molecule has 1 aliphatic heterocycles. The SMILES string of the molecule is CCOc1cc(CNCCN2CCOCC2)c(Br)cc1OCc1ccc([N+](=O)[O-])cc1. The van der Waals surface area contributed by atoms with Gasteiger partial charge in [0.25, 0.3) is 5.69 Å². The summed E-state index contributed by atoms with van der Waals surface area (Å²) < 4.78 is 18.1. The number of nitrogens with one attached hydrogen (secondary N) is 1. The fourth-order valence-electron chi connectivity index (χ4n) is 3.25. The number of ether oxygens (including phenoxy) is 3. The van der Waals surface area contributed by atoms with E-state index in [1.807, 2.05) is 19.1 Å². The third-order valence-corrected chi connectivity index (χ3v) is 5.72. The van der Waals surface area contributed by atoms with E-state index >= 15 is 0 Å². The second-order valence-corrected chi connectivity index (χ2v) is 8.02. The number of non-ortho nitro benzene ring substituents is 1. The van der Waals surface area contributed by atoms with Crippen LogP contribution in [0.4, 0.5) is 5.69 Å². The predicted molar refractivity (Wildman–Crippen MR) is 122 cm³/mol. The molecular weight excluding hydrogens is 466 g/mol. The van der Waals surface area contributed by atoms with E-state index in [-0.39, 0.29) is 5.69 Å². The number of benzene rings is 2. The van der Waals surface area contributed by atoms with Gasteiger partial charge in [-0.15, -0.1) is 0 Å². The third-order valence-electron chi connectivity index (χ3n) is 4.98. The van der Waals surface area contributed by atoms with Crippen LogP contribution in [0.1, 0.15) is 18.1 Å². The van der Waals surface area contributed by atoms with Gasteiger partial charge in [0.1, 0.15) is 6.61 Å². The van der Waals surface area contributed by atoms with Crippen LogP contribution in [0.25, 0.3) is 0 Å². The average molecular weight is 494 g/mol. The molecule has 2 aromatic carbocycles. The van der Waals surface area contributed by atoms with Crippen LogP contribution < -0.4 is 14.8 Å². The van der Waals surface area contributed by atoms with Crippen LogP contribution in [0.3, 0.4) is 0 Å². The molecule has 0 aromatic heterocycles. The van der Waals surface area contributed by atoms with Crippen LogP contribution in [0.5, 0.6) is 11.5 Å². The van der Waals surface area contributed by atoms with Crippen molar-refractivity contribution >= 4 is 21.6 Å².